The molecule has 0 amide bonds. The molecular weight excluding hydrogens is 254 g/mol. The van der Waals surface area contributed by atoms with Crippen molar-refractivity contribution in [2.45, 2.75) is 32.7 Å². The highest BCUT2D eigenvalue weighted by atomic mass is 16.4. The Bertz CT molecular complexity index is 490. The number of hydrogen-bond acceptors (Lipinski definition) is 4. The second-order valence-corrected chi connectivity index (χ2v) is 5.50. The lowest BCUT2D eigenvalue weighted by Crippen LogP contribution is -2.41. The maximum Gasteiger partial charge on any atom is 0.339 e. The average molecular weight is 277 g/mol. The number of anilines is 1. The lowest BCUT2D eigenvalue weighted by Gasteiger charge is -2.32. The summed E-state index contributed by atoms with van der Waals surface area (Å²) in [7, 11) is 2.12. The first kappa shape index (κ1) is 14.8. The van der Waals surface area contributed by atoms with Gasteiger partial charge in [0, 0.05) is 25.3 Å². The molecule has 1 aliphatic heterocycles. The van der Waals surface area contributed by atoms with Crippen molar-refractivity contribution in [3.05, 3.63) is 23.4 Å². The molecule has 0 bridgehead atoms. The van der Waals surface area contributed by atoms with Gasteiger partial charge in [0.25, 0.3) is 0 Å². The number of hydrogen-bond donors (Lipinski definition) is 1. The second-order valence-electron chi connectivity index (χ2n) is 5.50. The number of rotatable bonds is 3. The quantitative estimate of drug-likeness (QED) is 0.916. The van der Waals surface area contributed by atoms with E-state index < -0.39 is 5.97 Å². The van der Waals surface area contributed by atoms with Crippen LogP contribution in [0.1, 0.15) is 35.7 Å². The number of carboxylic acid groups (broad SMARTS) is 1. The summed E-state index contributed by atoms with van der Waals surface area (Å²) in [5, 5.41) is 9.48. The number of aryl methyl sites for hydroxylation is 1. The minimum absolute atomic E-state index is 0.315. The van der Waals surface area contributed by atoms with Crippen molar-refractivity contribution in [3.8, 4) is 0 Å². The van der Waals surface area contributed by atoms with E-state index in [-0.39, 0.29) is 0 Å². The summed E-state index contributed by atoms with van der Waals surface area (Å²) >= 11 is 0. The topological polar surface area (TPSA) is 56.7 Å². The Labute approximate surface area is 120 Å². The molecule has 20 heavy (non-hydrogen) atoms. The Balaban J connectivity index is 2.43. The van der Waals surface area contributed by atoms with E-state index >= 15 is 0 Å². The number of nitrogens with zero attached hydrogens (tertiary/aromatic N) is 3. The fraction of sp³-hybridized carbons (Fsp3) is 0.600. The van der Waals surface area contributed by atoms with Crippen LogP contribution in [0, 0.1) is 6.92 Å². The summed E-state index contributed by atoms with van der Waals surface area (Å²) in [5.74, 6) is -0.266. The molecule has 5 heteroatoms. The maximum absolute atomic E-state index is 11.6. The van der Waals surface area contributed by atoms with Crippen LogP contribution >= 0.6 is 0 Å². The molecule has 1 saturated heterocycles. The van der Waals surface area contributed by atoms with Crippen LogP contribution in [0.5, 0.6) is 0 Å². The molecule has 0 aromatic carbocycles. The Morgan fingerprint density at radius 2 is 2.25 bits per heavy atom. The molecule has 1 N–H and O–H groups in total. The molecule has 1 aromatic heterocycles. The molecule has 1 atom stereocenters. The van der Waals surface area contributed by atoms with E-state index in [1.54, 1.807) is 12.3 Å². The summed E-state index contributed by atoms with van der Waals surface area (Å²) in [6.45, 7) is 6.83. The Morgan fingerprint density at radius 1 is 1.50 bits per heavy atom. The number of likely N-dealkylation sites (N-methyl/N-ethyl adjacent to an activating group) is 1. The molecule has 0 radical (unpaired) electrons. The third kappa shape index (κ3) is 2.93. The highest BCUT2D eigenvalue weighted by Gasteiger charge is 2.27. The van der Waals surface area contributed by atoms with Gasteiger partial charge in [0.05, 0.1) is 0 Å². The zero-order valence-corrected chi connectivity index (χ0v) is 12.5. The minimum atomic E-state index is -0.891. The van der Waals surface area contributed by atoms with E-state index in [4.69, 9.17) is 0 Å². The predicted octanol–water partition coefficient (Wildman–Crippen LogP) is 2.01. The first-order valence-corrected chi connectivity index (χ1v) is 7.18. The number of carboxylic acids is 1. The Kier molecular flexibility index (Phi) is 4.60. The number of carbonyl (C=O) groups is 1. The lowest BCUT2D eigenvalue weighted by atomic mass is 10.1. The van der Waals surface area contributed by atoms with E-state index in [0.717, 1.165) is 38.0 Å². The van der Waals surface area contributed by atoms with Gasteiger partial charge in [0.1, 0.15) is 11.4 Å². The van der Waals surface area contributed by atoms with Crippen LogP contribution in [0.15, 0.2) is 12.3 Å². The number of aromatic nitrogens is 1. The van der Waals surface area contributed by atoms with Gasteiger partial charge in [-0.05, 0) is 45.0 Å². The van der Waals surface area contributed by atoms with Gasteiger partial charge < -0.3 is 14.9 Å². The zero-order valence-electron chi connectivity index (χ0n) is 12.5. The minimum Gasteiger partial charge on any atom is -0.478 e. The summed E-state index contributed by atoms with van der Waals surface area (Å²) in [6, 6.07) is 2.08. The number of pyridine rings is 1. The summed E-state index contributed by atoms with van der Waals surface area (Å²) in [4.78, 5) is 20.4. The molecule has 0 aliphatic carbocycles. The molecule has 0 saturated carbocycles. The molecular formula is C15H23N3O2. The smallest absolute Gasteiger partial charge is 0.339 e. The normalized spacial score (nSPS) is 20.8. The van der Waals surface area contributed by atoms with Gasteiger partial charge in [-0.15, -0.1) is 0 Å². The lowest BCUT2D eigenvalue weighted by molar-refractivity contribution is 0.0696. The maximum atomic E-state index is 11.6. The highest BCUT2D eigenvalue weighted by Crippen LogP contribution is 2.25. The second kappa shape index (κ2) is 6.22. The van der Waals surface area contributed by atoms with Crippen molar-refractivity contribution in [1.29, 1.82) is 0 Å². The van der Waals surface area contributed by atoms with Crippen molar-refractivity contribution in [3.63, 3.8) is 0 Å². The largest absolute Gasteiger partial charge is 0.478 e. The summed E-state index contributed by atoms with van der Waals surface area (Å²) in [5.41, 5.74) is 1.12. The Hall–Kier alpha value is -1.62. The molecule has 1 aliphatic rings. The molecule has 5 nitrogen and oxygen atoms in total. The van der Waals surface area contributed by atoms with E-state index in [2.05, 4.69) is 28.8 Å². The van der Waals surface area contributed by atoms with Gasteiger partial charge in [0.15, 0.2) is 0 Å². The van der Waals surface area contributed by atoms with Crippen molar-refractivity contribution < 1.29 is 9.90 Å². The third-order valence-electron chi connectivity index (χ3n) is 4.00. The fourth-order valence-electron chi connectivity index (χ4n) is 2.90. The molecule has 1 fully saturated rings. The zero-order chi connectivity index (χ0) is 14.7. The van der Waals surface area contributed by atoms with Gasteiger partial charge >= 0.3 is 5.97 Å². The van der Waals surface area contributed by atoms with E-state index in [9.17, 15) is 9.90 Å². The standard InChI is InChI=1S/C15H23N3O2/c1-4-12-10-17(3)8-5-9-18(12)14-13(15(19)20)11(2)6-7-16-14/h6-7,12H,4-5,8-10H2,1-3H3,(H,19,20). The number of aromatic carboxylic acids is 1. The first-order chi connectivity index (χ1) is 9.54. The SMILES string of the molecule is CCC1CN(C)CCCN1c1nccc(C)c1C(=O)O. The molecule has 0 spiro atoms. The van der Waals surface area contributed by atoms with E-state index in [1.165, 1.54) is 0 Å². The highest BCUT2D eigenvalue weighted by molar-refractivity contribution is 5.95. The van der Waals surface area contributed by atoms with Crippen LogP contribution in [-0.2, 0) is 0 Å². The molecule has 1 unspecified atom stereocenters. The average Bonchev–Trinajstić information content (AvgIpc) is 2.59. The predicted molar refractivity (Wildman–Crippen MR) is 79.5 cm³/mol. The summed E-state index contributed by atoms with van der Waals surface area (Å²) in [6.07, 6.45) is 3.72. The van der Waals surface area contributed by atoms with E-state index in [1.807, 2.05) is 6.92 Å². The van der Waals surface area contributed by atoms with Crippen LogP contribution in [0.25, 0.3) is 0 Å². The van der Waals surface area contributed by atoms with Gasteiger partial charge in [-0.1, -0.05) is 6.92 Å². The fourth-order valence-corrected chi connectivity index (χ4v) is 2.90. The first-order valence-electron chi connectivity index (χ1n) is 7.18. The monoisotopic (exact) mass is 277 g/mol. The van der Waals surface area contributed by atoms with Crippen molar-refractivity contribution in [2.24, 2.45) is 0 Å². The van der Waals surface area contributed by atoms with Crippen LogP contribution in [0.4, 0.5) is 5.82 Å². The van der Waals surface area contributed by atoms with E-state index in [0.29, 0.717) is 17.4 Å². The van der Waals surface area contributed by atoms with Crippen LogP contribution in [-0.4, -0.2) is 53.7 Å². The van der Waals surface area contributed by atoms with Crippen LogP contribution < -0.4 is 4.90 Å². The van der Waals surface area contributed by atoms with Crippen LogP contribution in [0.2, 0.25) is 0 Å². The van der Waals surface area contributed by atoms with Gasteiger partial charge in [-0.3, -0.25) is 0 Å². The third-order valence-corrected chi connectivity index (χ3v) is 4.00. The van der Waals surface area contributed by atoms with Crippen molar-refractivity contribution >= 4 is 11.8 Å². The van der Waals surface area contributed by atoms with Crippen LogP contribution in [0.3, 0.4) is 0 Å². The van der Waals surface area contributed by atoms with Crippen molar-refractivity contribution in [1.82, 2.24) is 9.88 Å². The Morgan fingerprint density at radius 3 is 2.90 bits per heavy atom. The molecule has 2 heterocycles. The molecule has 1 aromatic rings. The molecule has 2 rings (SSSR count). The van der Waals surface area contributed by atoms with Gasteiger partial charge in [-0.2, -0.15) is 0 Å². The molecule has 110 valence electrons. The van der Waals surface area contributed by atoms with Crippen molar-refractivity contribution in [2.75, 3.05) is 31.6 Å². The van der Waals surface area contributed by atoms with Gasteiger partial charge in [0.2, 0.25) is 0 Å². The van der Waals surface area contributed by atoms with Gasteiger partial charge in [-0.25, -0.2) is 9.78 Å². The summed E-state index contributed by atoms with van der Waals surface area (Å²) < 4.78 is 0.